The largest absolute Gasteiger partial charge is 0.497 e. The van der Waals surface area contributed by atoms with Crippen molar-refractivity contribution in [2.45, 2.75) is 38.6 Å². The third-order valence-electron chi connectivity index (χ3n) is 5.31. The predicted molar refractivity (Wildman–Crippen MR) is 116 cm³/mol. The van der Waals surface area contributed by atoms with E-state index in [0.29, 0.717) is 13.0 Å². The van der Waals surface area contributed by atoms with Crippen LogP contribution in [0.4, 0.5) is 0 Å². The molecule has 152 valence electrons. The first-order valence-corrected chi connectivity index (χ1v) is 9.86. The number of piperidine rings is 1. The van der Waals surface area contributed by atoms with Crippen molar-refractivity contribution in [3.63, 3.8) is 0 Å². The van der Waals surface area contributed by atoms with Crippen LogP contribution in [0.5, 0.6) is 5.75 Å². The van der Waals surface area contributed by atoms with E-state index in [4.69, 9.17) is 4.74 Å². The molecule has 3 rings (SSSR count). The molecular weight excluding hydrogens is 372 g/mol. The molecule has 1 N–H and O–H groups in total. The zero-order valence-corrected chi connectivity index (χ0v) is 17.6. The molecule has 4 nitrogen and oxygen atoms in total. The molecule has 1 heterocycles. The third-order valence-corrected chi connectivity index (χ3v) is 5.31. The molecule has 0 radical (unpaired) electrons. The molecule has 0 bridgehead atoms. The highest BCUT2D eigenvalue weighted by Gasteiger charge is 2.22. The first-order valence-electron chi connectivity index (χ1n) is 9.86. The van der Waals surface area contributed by atoms with E-state index >= 15 is 0 Å². The second-order valence-electron chi connectivity index (χ2n) is 7.35. The maximum atomic E-state index is 12.5. The van der Waals surface area contributed by atoms with Crippen molar-refractivity contribution in [3.8, 4) is 5.75 Å². The quantitative estimate of drug-likeness (QED) is 0.750. The number of likely N-dealkylation sites (tertiary alicyclic amines) is 1. The van der Waals surface area contributed by atoms with Gasteiger partial charge in [-0.3, -0.25) is 9.69 Å². The number of hydrogen-bond donors (Lipinski definition) is 1. The Labute approximate surface area is 174 Å². The zero-order valence-electron chi connectivity index (χ0n) is 16.8. The van der Waals surface area contributed by atoms with Gasteiger partial charge >= 0.3 is 0 Å². The van der Waals surface area contributed by atoms with E-state index in [2.05, 4.69) is 41.4 Å². The van der Waals surface area contributed by atoms with Gasteiger partial charge in [-0.15, -0.1) is 12.4 Å². The zero-order chi connectivity index (χ0) is 19.1. The van der Waals surface area contributed by atoms with Gasteiger partial charge in [0, 0.05) is 6.54 Å². The lowest BCUT2D eigenvalue weighted by Crippen LogP contribution is -2.41. The van der Waals surface area contributed by atoms with Crippen LogP contribution in [0.25, 0.3) is 0 Å². The number of carbonyl (C=O) groups excluding carboxylic acids is 1. The van der Waals surface area contributed by atoms with Gasteiger partial charge in [0.1, 0.15) is 5.75 Å². The lowest BCUT2D eigenvalue weighted by Gasteiger charge is -2.35. The van der Waals surface area contributed by atoms with Crippen LogP contribution in [0.15, 0.2) is 48.5 Å². The molecule has 1 atom stereocenters. The normalized spacial score (nSPS) is 15.4. The smallest absolute Gasteiger partial charge is 0.224 e. The molecular formula is C23H31ClN2O2. The fraction of sp³-hybridized carbons (Fsp3) is 0.435. The first kappa shape index (κ1) is 22.3. The van der Waals surface area contributed by atoms with Crippen molar-refractivity contribution in [2.75, 3.05) is 26.7 Å². The van der Waals surface area contributed by atoms with Gasteiger partial charge in [-0.05, 0) is 56.1 Å². The molecule has 0 spiro atoms. The minimum atomic E-state index is 0. The number of rotatable bonds is 7. The summed E-state index contributed by atoms with van der Waals surface area (Å²) in [6.07, 6.45) is 4.18. The van der Waals surface area contributed by atoms with Crippen LogP contribution < -0.4 is 10.1 Å². The van der Waals surface area contributed by atoms with Crippen molar-refractivity contribution in [1.82, 2.24) is 10.2 Å². The van der Waals surface area contributed by atoms with Crippen molar-refractivity contribution in [2.24, 2.45) is 0 Å². The highest BCUT2D eigenvalue weighted by atomic mass is 35.5. The van der Waals surface area contributed by atoms with Gasteiger partial charge in [-0.25, -0.2) is 0 Å². The fourth-order valence-electron chi connectivity index (χ4n) is 3.68. The van der Waals surface area contributed by atoms with Crippen molar-refractivity contribution < 1.29 is 9.53 Å². The number of benzene rings is 2. The molecule has 1 aliphatic rings. The Balaban J connectivity index is 0.00000280. The molecule has 2 aromatic carbocycles. The Bertz CT molecular complexity index is 725. The number of aryl methyl sites for hydroxylation is 1. The molecule has 2 aromatic rings. The summed E-state index contributed by atoms with van der Waals surface area (Å²) < 4.78 is 5.17. The van der Waals surface area contributed by atoms with E-state index in [0.717, 1.165) is 24.4 Å². The van der Waals surface area contributed by atoms with Gasteiger partial charge in [0.25, 0.3) is 0 Å². The third kappa shape index (κ3) is 6.25. The summed E-state index contributed by atoms with van der Waals surface area (Å²) in [4.78, 5) is 15.0. The summed E-state index contributed by atoms with van der Waals surface area (Å²) in [5, 5.41) is 3.16. The van der Waals surface area contributed by atoms with E-state index in [1.807, 2.05) is 24.3 Å². The number of nitrogens with one attached hydrogen (secondary N) is 1. The molecule has 1 fully saturated rings. The molecule has 1 aliphatic heterocycles. The Hall–Kier alpha value is -2.04. The fourth-order valence-corrected chi connectivity index (χ4v) is 3.68. The predicted octanol–water partition coefficient (Wildman–Crippen LogP) is 4.31. The molecule has 0 aliphatic carbocycles. The Morgan fingerprint density at radius 1 is 1.04 bits per heavy atom. The minimum Gasteiger partial charge on any atom is -0.497 e. The summed E-state index contributed by atoms with van der Waals surface area (Å²) in [6.45, 7) is 4.97. The highest BCUT2D eigenvalue weighted by molar-refractivity contribution is 5.85. The number of hydrogen-bond acceptors (Lipinski definition) is 3. The van der Waals surface area contributed by atoms with Gasteiger partial charge in [-0.1, -0.05) is 48.4 Å². The Kier molecular flexibility index (Phi) is 8.81. The average Bonchev–Trinajstić information content (AvgIpc) is 2.71. The number of methoxy groups -OCH3 is 1. The summed E-state index contributed by atoms with van der Waals surface area (Å²) in [7, 11) is 1.65. The summed E-state index contributed by atoms with van der Waals surface area (Å²) in [5.74, 6) is 0.873. The van der Waals surface area contributed by atoms with Gasteiger partial charge in [0.2, 0.25) is 5.91 Å². The van der Waals surface area contributed by atoms with Crippen LogP contribution in [0.2, 0.25) is 0 Å². The summed E-state index contributed by atoms with van der Waals surface area (Å²) in [5.41, 5.74) is 3.55. The molecule has 1 unspecified atom stereocenters. The lowest BCUT2D eigenvalue weighted by molar-refractivity contribution is -0.120. The van der Waals surface area contributed by atoms with Crippen LogP contribution >= 0.6 is 12.4 Å². The lowest BCUT2D eigenvalue weighted by atomic mass is 10.0. The number of carbonyl (C=O) groups is 1. The van der Waals surface area contributed by atoms with Crippen LogP contribution in [0, 0.1) is 6.92 Å². The molecule has 5 heteroatoms. The molecule has 1 amide bonds. The second-order valence-corrected chi connectivity index (χ2v) is 7.35. The molecule has 1 saturated heterocycles. The maximum Gasteiger partial charge on any atom is 0.224 e. The maximum absolute atomic E-state index is 12.5. The SMILES string of the molecule is COc1ccc(CC(=O)NCC(c2ccc(C)cc2)N2CCCCC2)cc1.Cl. The van der Waals surface area contributed by atoms with E-state index in [1.165, 1.54) is 30.4 Å². The van der Waals surface area contributed by atoms with Crippen molar-refractivity contribution in [3.05, 3.63) is 65.2 Å². The molecule has 28 heavy (non-hydrogen) atoms. The van der Waals surface area contributed by atoms with Crippen LogP contribution in [-0.4, -0.2) is 37.6 Å². The average molecular weight is 403 g/mol. The van der Waals surface area contributed by atoms with E-state index in [-0.39, 0.29) is 24.4 Å². The van der Waals surface area contributed by atoms with Crippen molar-refractivity contribution in [1.29, 1.82) is 0 Å². The van der Waals surface area contributed by atoms with E-state index in [1.54, 1.807) is 7.11 Å². The Morgan fingerprint density at radius 3 is 2.29 bits per heavy atom. The Morgan fingerprint density at radius 2 is 1.68 bits per heavy atom. The van der Waals surface area contributed by atoms with Crippen molar-refractivity contribution >= 4 is 18.3 Å². The number of amides is 1. The first-order chi connectivity index (χ1) is 13.2. The van der Waals surface area contributed by atoms with Crippen LogP contribution in [0.3, 0.4) is 0 Å². The van der Waals surface area contributed by atoms with Crippen LogP contribution in [-0.2, 0) is 11.2 Å². The topological polar surface area (TPSA) is 41.6 Å². The van der Waals surface area contributed by atoms with Gasteiger partial charge in [0.15, 0.2) is 0 Å². The summed E-state index contributed by atoms with van der Waals surface area (Å²) in [6, 6.07) is 16.6. The van der Waals surface area contributed by atoms with Gasteiger partial charge < -0.3 is 10.1 Å². The summed E-state index contributed by atoms with van der Waals surface area (Å²) >= 11 is 0. The molecule has 0 saturated carbocycles. The monoisotopic (exact) mass is 402 g/mol. The van der Waals surface area contributed by atoms with Gasteiger partial charge in [0.05, 0.1) is 19.6 Å². The standard InChI is InChI=1S/C23H30N2O2.ClH/c1-18-6-10-20(11-7-18)22(25-14-4-3-5-15-25)17-24-23(26)16-19-8-12-21(27-2)13-9-19;/h6-13,22H,3-5,14-17H2,1-2H3,(H,24,26);1H. The second kappa shape index (κ2) is 11.1. The number of ether oxygens (including phenoxy) is 1. The number of halogens is 1. The minimum absolute atomic E-state index is 0. The highest BCUT2D eigenvalue weighted by Crippen LogP contribution is 2.24. The van der Waals surface area contributed by atoms with Crippen LogP contribution in [0.1, 0.15) is 42.0 Å². The van der Waals surface area contributed by atoms with E-state index < -0.39 is 0 Å². The van der Waals surface area contributed by atoms with E-state index in [9.17, 15) is 4.79 Å². The number of nitrogens with zero attached hydrogens (tertiary/aromatic N) is 1. The van der Waals surface area contributed by atoms with Gasteiger partial charge in [-0.2, -0.15) is 0 Å². The molecule has 0 aromatic heterocycles.